The number of halogens is 1. The molecule has 0 unspecified atom stereocenters. The van der Waals surface area contributed by atoms with Gasteiger partial charge in [0, 0.05) is 15.8 Å². The number of hydrogen-bond donors (Lipinski definition) is 0. The minimum absolute atomic E-state index is 0.0408. The number of carbonyl (C=O) groups is 1. The molecule has 0 aromatic heterocycles. The topological polar surface area (TPSA) is 17.1 Å². The van der Waals surface area contributed by atoms with Crippen LogP contribution in [-0.2, 0) is 4.79 Å². The van der Waals surface area contributed by atoms with E-state index in [4.69, 9.17) is 0 Å². The minimum atomic E-state index is -0.0408. The van der Waals surface area contributed by atoms with Crippen molar-refractivity contribution >= 4 is 22.2 Å². The molecule has 1 aromatic carbocycles. The lowest BCUT2D eigenvalue weighted by Gasteiger charge is -2.08. The first-order valence-corrected chi connectivity index (χ1v) is 6.65. The van der Waals surface area contributed by atoms with Crippen LogP contribution in [0.3, 0.4) is 0 Å². The highest BCUT2D eigenvalue weighted by Gasteiger charge is 2.75. The molecule has 2 aliphatic carbocycles. The average Bonchev–Trinajstić information content (AvgIpc) is 2.63. The van der Waals surface area contributed by atoms with Crippen LogP contribution in [0.1, 0.15) is 37.7 Å². The van der Waals surface area contributed by atoms with Gasteiger partial charge in [-0.1, -0.05) is 41.4 Å². The second-order valence-electron chi connectivity index (χ2n) is 5.41. The molecule has 1 nitrogen and oxygen atoms in total. The molecule has 0 heterocycles. The van der Waals surface area contributed by atoms with E-state index in [1.165, 1.54) is 24.7 Å². The zero-order chi connectivity index (χ0) is 11.4. The molecule has 0 amide bonds. The van der Waals surface area contributed by atoms with E-state index in [-0.39, 0.29) is 10.8 Å². The quantitative estimate of drug-likeness (QED) is 0.750. The molecule has 16 heavy (non-hydrogen) atoms. The third kappa shape index (κ3) is 1.09. The van der Waals surface area contributed by atoms with Gasteiger partial charge in [0.05, 0.1) is 0 Å². The summed E-state index contributed by atoms with van der Waals surface area (Å²) in [5.41, 5.74) is 1.53. The maximum absolute atomic E-state index is 11.4. The Balaban J connectivity index is 1.99. The van der Waals surface area contributed by atoms with Crippen LogP contribution in [0.5, 0.6) is 0 Å². The second-order valence-corrected chi connectivity index (χ2v) is 6.33. The summed E-state index contributed by atoms with van der Waals surface area (Å²) in [4.78, 5) is 11.4. The van der Waals surface area contributed by atoms with Crippen molar-refractivity contribution in [2.24, 2.45) is 10.8 Å². The summed E-state index contributed by atoms with van der Waals surface area (Å²) in [7, 11) is 0. The van der Waals surface area contributed by atoms with Gasteiger partial charge in [-0.25, -0.2) is 0 Å². The molecule has 84 valence electrons. The largest absolute Gasteiger partial charge is 0.303 e. The number of aldehydes is 1. The average molecular weight is 279 g/mol. The van der Waals surface area contributed by atoms with Crippen LogP contribution in [0.2, 0.25) is 0 Å². The summed E-state index contributed by atoms with van der Waals surface area (Å²) < 4.78 is 1.10. The minimum Gasteiger partial charge on any atom is -0.303 e. The van der Waals surface area contributed by atoms with Gasteiger partial charge in [-0.05, 0) is 36.0 Å². The number of hydrogen-bond acceptors (Lipinski definition) is 1. The van der Waals surface area contributed by atoms with Crippen LogP contribution in [0.4, 0.5) is 0 Å². The Morgan fingerprint density at radius 3 is 2.56 bits per heavy atom. The van der Waals surface area contributed by atoms with Crippen molar-refractivity contribution in [3.63, 3.8) is 0 Å². The molecule has 0 bridgehead atoms. The zero-order valence-electron chi connectivity index (χ0n) is 9.37. The fourth-order valence-electron chi connectivity index (χ4n) is 3.93. The summed E-state index contributed by atoms with van der Waals surface area (Å²) in [6, 6.07) is 8.46. The van der Waals surface area contributed by atoms with Crippen molar-refractivity contribution in [1.29, 1.82) is 0 Å². The number of rotatable bonds is 2. The predicted molar refractivity (Wildman–Crippen MR) is 67.3 cm³/mol. The van der Waals surface area contributed by atoms with Crippen LogP contribution in [-0.4, -0.2) is 6.29 Å². The smallest absolute Gasteiger partial charge is 0.127 e. The molecule has 0 spiro atoms. The molecule has 0 aliphatic heterocycles. The first kappa shape index (κ1) is 10.5. The number of benzene rings is 1. The van der Waals surface area contributed by atoms with Gasteiger partial charge in [0.2, 0.25) is 0 Å². The normalized spacial score (nSPS) is 40.5. The van der Waals surface area contributed by atoms with Gasteiger partial charge in [0.1, 0.15) is 6.29 Å². The summed E-state index contributed by atoms with van der Waals surface area (Å²) in [5, 5.41) is 0. The summed E-state index contributed by atoms with van der Waals surface area (Å²) >= 11 is 3.45. The van der Waals surface area contributed by atoms with Gasteiger partial charge < -0.3 is 4.79 Å². The second kappa shape index (κ2) is 3.19. The van der Waals surface area contributed by atoms with Crippen molar-refractivity contribution in [1.82, 2.24) is 0 Å². The van der Waals surface area contributed by atoms with E-state index in [2.05, 4.69) is 47.1 Å². The molecule has 0 radical (unpaired) electrons. The fraction of sp³-hybridized carbons (Fsp3) is 0.500. The van der Waals surface area contributed by atoms with Gasteiger partial charge >= 0.3 is 0 Å². The van der Waals surface area contributed by atoms with Crippen LogP contribution >= 0.6 is 15.9 Å². The van der Waals surface area contributed by atoms with E-state index in [9.17, 15) is 4.79 Å². The van der Waals surface area contributed by atoms with Crippen molar-refractivity contribution in [3.05, 3.63) is 34.3 Å². The molecule has 2 saturated carbocycles. The lowest BCUT2D eigenvalue weighted by molar-refractivity contribution is -0.113. The fourth-order valence-corrected chi connectivity index (χ4v) is 4.19. The lowest BCUT2D eigenvalue weighted by Crippen LogP contribution is -2.05. The summed E-state index contributed by atoms with van der Waals surface area (Å²) in [5.74, 6) is 0.458. The third-order valence-electron chi connectivity index (χ3n) is 4.83. The molecule has 0 saturated heterocycles. The van der Waals surface area contributed by atoms with Crippen LogP contribution in [0, 0.1) is 10.8 Å². The molecule has 0 N–H and O–H groups in total. The predicted octanol–water partition coefficient (Wildman–Crippen LogP) is 3.92. The summed E-state index contributed by atoms with van der Waals surface area (Å²) in [6.45, 7) is 2.28. The van der Waals surface area contributed by atoms with Crippen molar-refractivity contribution < 1.29 is 4.79 Å². The van der Waals surface area contributed by atoms with E-state index >= 15 is 0 Å². The molecular formula is C14H15BrO. The standard InChI is InChI=1S/C14H15BrO/c1-13-7-2-8-14(13,9-16)12(13)10-3-5-11(15)6-4-10/h3-6,9,12H,2,7-8H2,1H3/t12-,13+,14+/m0/s1. The van der Waals surface area contributed by atoms with E-state index in [1.54, 1.807) is 0 Å². The Labute approximate surface area is 104 Å². The molecule has 2 aliphatic rings. The third-order valence-corrected chi connectivity index (χ3v) is 5.36. The first-order chi connectivity index (χ1) is 7.64. The maximum atomic E-state index is 11.4. The number of carbonyl (C=O) groups excluding carboxylic acids is 1. The van der Waals surface area contributed by atoms with Crippen LogP contribution < -0.4 is 0 Å². The van der Waals surface area contributed by atoms with E-state index < -0.39 is 0 Å². The van der Waals surface area contributed by atoms with Gasteiger partial charge in [-0.3, -0.25) is 0 Å². The van der Waals surface area contributed by atoms with Gasteiger partial charge in [0.15, 0.2) is 0 Å². The highest BCUT2D eigenvalue weighted by atomic mass is 79.9. The molecule has 2 heteroatoms. The highest BCUT2D eigenvalue weighted by Crippen LogP contribution is 2.80. The van der Waals surface area contributed by atoms with Crippen molar-refractivity contribution in [3.8, 4) is 0 Å². The maximum Gasteiger partial charge on any atom is 0.127 e. The molecule has 3 atom stereocenters. The van der Waals surface area contributed by atoms with Crippen molar-refractivity contribution in [2.75, 3.05) is 0 Å². The number of fused-ring (bicyclic) bond motifs is 1. The zero-order valence-corrected chi connectivity index (χ0v) is 11.0. The first-order valence-electron chi connectivity index (χ1n) is 5.86. The Morgan fingerprint density at radius 2 is 2.00 bits per heavy atom. The van der Waals surface area contributed by atoms with E-state index in [0.29, 0.717) is 5.92 Å². The SMILES string of the molecule is C[C@]12CCC[C@@]1(C=O)[C@H]2c1ccc(Br)cc1. The van der Waals surface area contributed by atoms with Gasteiger partial charge in [-0.2, -0.15) is 0 Å². The van der Waals surface area contributed by atoms with Crippen LogP contribution in [0.25, 0.3) is 0 Å². The van der Waals surface area contributed by atoms with Crippen molar-refractivity contribution in [2.45, 2.75) is 32.1 Å². The molecule has 3 rings (SSSR count). The Morgan fingerprint density at radius 1 is 1.31 bits per heavy atom. The van der Waals surface area contributed by atoms with Gasteiger partial charge in [-0.15, -0.1) is 0 Å². The Hall–Kier alpha value is -0.630. The molecule has 2 fully saturated rings. The monoisotopic (exact) mass is 278 g/mol. The van der Waals surface area contributed by atoms with E-state index in [0.717, 1.165) is 10.9 Å². The highest BCUT2D eigenvalue weighted by molar-refractivity contribution is 9.10. The van der Waals surface area contributed by atoms with Crippen LogP contribution in [0.15, 0.2) is 28.7 Å². The lowest BCUT2D eigenvalue weighted by atomic mass is 9.96. The molecule has 1 aromatic rings. The molecular weight excluding hydrogens is 264 g/mol. The Kier molecular flexibility index (Phi) is 2.10. The van der Waals surface area contributed by atoms with E-state index in [1.807, 2.05) is 0 Å². The van der Waals surface area contributed by atoms with Gasteiger partial charge in [0.25, 0.3) is 0 Å². The summed E-state index contributed by atoms with van der Waals surface area (Å²) in [6.07, 6.45) is 4.72. The Bertz CT molecular complexity index is 439.